The largest absolute Gasteiger partial charge is 0.492 e. The standard InChI is InChI=1S/C23H23N5O2/c1-3-29-22-12-20-18(11-19(22)24)23(27-14-26-20)28-16-7-8-21(15(2)10-16)30-13-17-6-4-5-9-25-17/h4-12,14H,3,13,24H2,1-2H3,(H,26,27,28). The minimum absolute atomic E-state index is 0.423. The number of hydrogen-bond acceptors (Lipinski definition) is 7. The van der Waals surface area contributed by atoms with Crippen LogP contribution in [0.1, 0.15) is 18.2 Å². The van der Waals surface area contributed by atoms with Crippen molar-refractivity contribution in [2.24, 2.45) is 0 Å². The number of aryl methyl sites for hydroxylation is 1. The second-order valence-electron chi connectivity index (χ2n) is 6.78. The van der Waals surface area contributed by atoms with Gasteiger partial charge in [-0.1, -0.05) is 6.07 Å². The summed E-state index contributed by atoms with van der Waals surface area (Å²) < 4.78 is 11.5. The van der Waals surface area contributed by atoms with E-state index in [0.29, 0.717) is 30.5 Å². The fraction of sp³-hybridized carbons (Fsp3) is 0.174. The van der Waals surface area contributed by atoms with Gasteiger partial charge in [0.05, 0.1) is 23.5 Å². The Morgan fingerprint density at radius 1 is 0.967 bits per heavy atom. The van der Waals surface area contributed by atoms with E-state index in [0.717, 1.165) is 33.6 Å². The lowest BCUT2D eigenvalue weighted by atomic mass is 10.1. The number of anilines is 3. The lowest BCUT2D eigenvalue weighted by molar-refractivity contribution is 0.299. The third-order valence-corrected chi connectivity index (χ3v) is 4.61. The van der Waals surface area contributed by atoms with Gasteiger partial charge in [0.25, 0.3) is 0 Å². The molecule has 0 amide bonds. The average molecular weight is 401 g/mol. The summed E-state index contributed by atoms with van der Waals surface area (Å²) in [5, 5.41) is 4.18. The molecule has 0 radical (unpaired) electrons. The Hall–Kier alpha value is -3.87. The maximum atomic E-state index is 6.13. The fourth-order valence-corrected chi connectivity index (χ4v) is 3.14. The van der Waals surface area contributed by atoms with E-state index in [1.165, 1.54) is 6.33 Å². The normalized spacial score (nSPS) is 10.7. The van der Waals surface area contributed by atoms with Crippen molar-refractivity contribution in [1.82, 2.24) is 15.0 Å². The average Bonchev–Trinajstić information content (AvgIpc) is 2.75. The minimum atomic E-state index is 0.423. The topological polar surface area (TPSA) is 95.2 Å². The van der Waals surface area contributed by atoms with Crippen LogP contribution in [0.15, 0.2) is 61.1 Å². The molecule has 0 unspecified atom stereocenters. The van der Waals surface area contributed by atoms with Gasteiger partial charge in [-0.25, -0.2) is 9.97 Å². The van der Waals surface area contributed by atoms with Crippen molar-refractivity contribution in [2.45, 2.75) is 20.5 Å². The number of nitrogens with one attached hydrogen (secondary N) is 1. The predicted molar refractivity (Wildman–Crippen MR) is 118 cm³/mol. The summed E-state index contributed by atoms with van der Waals surface area (Å²) in [6.45, 7) is 4.89. The minimum Gasteiger partial charge on any atom is -0.492 e. The number of aromatic nitrogens is 3. The van der Waals surface area contributed by atoms with Crippen LogP contribution in [0.4, 0.5) is 17.2 Å². The molecule has 30 heavy (non-hydrogen) atoms. The molecule has 0 fully saturated rings. The summed E-state index contributed by atoms with van der Waals surface area (Å²) in [6, 6.07) is 15.3. The molecule has 2 heterocycles. The predicted octanol–water partition coefficient (Wildman–Crippen LogP) is 4.64. The highest BCUT2D eigenvalue weighted by atomic mass is 16.5. The fourth-order valence-electron chi connectivity index (χ4n) is 3.14. The zero-order valence-electron chi connectivity index (χ0n) is 16.9. The third-order valence-electron chi connectivity index (χ3n) is 4.61. The summed E-state index contributed by atoms with van der Waals surface area (Å²) in [5.74, 6) is 2.11. The summed E-state index contributed by atoms with van der Waals surface area (Å²) in [4.78, 5) is 13.0. The molecule has 2 aromatic carbocycles. The molecule has 7 nitrogen and oxygen atoms in total. The van der Waals surface area contributed by atoms with Crippen molar-refractivity contribution in [1.29, 1.82) is 0 Å². The molecule has 0 atom stereocenters. The first kappa shape index (κ1) is 19.4. The number of nitrogens with zero attached hydrogens (tertiary/aromatic N) is 3. The zero-order valence-corrected chi connectivity index (χ0v) is 16.9. The van der Waals surface area contributed by atoms with Gasteiger partial charge in [0.15, 0.2) is 0 Å². The van der Waals surface area contributed by atoms with Crippen molar-refractivity contribution in [2.75, 3.05) is 17.7 Å². The van der Waals surface area contributed by atoms with E-state index in [1.54, 1.807) is 6.20 Å². The van der Waals surface area contributed by atoms with E-state index in [2.05, 4.69) is 20.3 Å². The molecule has 2 aromatic heterocycles. The number of nitrogen functional groups attached to an aromatic ring is 1. The molecule has 0 bridgehead atoms. The van der Waals surface area contributed by atoms with Gasteiger partial charge in [0.1, 0.15) is 30.3 Å². The number of pyridine rings is 1. The molecule has 0 aliphatic heterocycles. The lowest BCUT2D eigenvalue weighted by Gasteiger charge is -2.13. The molecule has 4 aromatic rings. The van der Waals surface area contributed by atoms with E-state index >= 15 is 0 Å². The Labute approximate surface area is 174 Å². The maximum Gasteiger partial charge on any atom is 0.144 e. The molecule has 152 valence electrons. The van der Waals surface area contributed by atoms with Gasteiger partial charge in [-0.05, 0) is 55.8 Å². The quantitative estimate of drug-likeness (QED) is 0.436. The zero-order chi connectivity index (χ0) is 20.9. The highest BCUT2D eigenvalue weighted by Crippen LogP contribution is 2.32. The van der Waals surface area contributed by atoms with E-state index in [1.807, 2.05) is 62.4 Å². The molecular weight excluding hydrogens is 378 g/mol. The van der Waals surface area contributed by atoms with Crippen molar-refractivity contribution < 1.29 is 9.47 Å². The van der Waals surface area contributed by atoms with Crippen molar-refractivity contribution >= 4 is 28.1 Å². The first-order chi connectivity index (χ1) is 14.6. The van der Waals surface area contributed by atoms with Gasteiger partial charge in [-0.15, -0.1) is 0 Å². The van der Waals surface area contributed by atoms with Crippen LogP contribution in [0.25, 0.3) is 10.9 Å². The van der Waals surface area contributed by atoms with Gasteiger partial charge in [-0.2, -0.15) is 0 Å². The number of ether oxygens (including phenoxy) is 2. The first-order valence-corrected chi connectivity index (χ1v) is 9.71. The molecule has 4 rings (SSSR count). The van der Waals surface area contributed by atoms with Crippen molar-refractivity contribution in [3.63, 3.8) is 0 Å². The van der Waals surface area contributed by atoms with Crippen LogP contribution in [0.5, 0.6) is 11.5 Å². The molecule has 0 saturated carbocycles. The van der Waals surface area contributed by atoms with Crippen LogP contribution in [-0.4, -0.2) is 21.6 Å². The first-order valence-electron chi connectivity index (χ1n) is 9.71. The third kappa shape index (κ3) is 4.25. The number of rotatable bonds is 7. The van der Waals surface area contributed by atoms with Gasteiger partial charge in [0, 0.05) is 23.3 Å². The number of fused-ring (bicyclic) bond motifs is 1. The molecule has 7 heteroatoms. The van der Waals surface area contributed by atoms with E-state index in [-0.39, 0.29) is 0 Å². The summed E-state index contributed by atoms with van der Waals surface area (Å²) in [5.41, 5.74) is 10.2. The van der Waals surface area contributed by atoms with Gasteiger partial charge >= 0.3 is 0 Å². The Balaban J connectivity index is 1.55. The van der Waals surface area contributed by atoms with Gasteiger partial charge in [0.2, 0.25) is 0 Å². The van der Waals surface area contributed by atoms with Crippen LogP contribution in [-0.2, 0) is 6.61 Å². The van der Waals surface area contributed by atoms with E-state index in [9.17, 15) is 0 Å². The van der Waals surface area contributed by atoms with Crippen LogP contribution < -0.4 is 20.5 Å². The van der Waals surface area contributed by atoms with Crippen LogP contribution >= 0.6 is 0 Å². The number of nitrogens with two attached hydrogens (primary N) is 1. The summed E-state index contributed by atoms with van der Waals surface area (Å²) in [6.07, 6.45) is 3.28. The van der Waals surface area contributed by atoms with Gasteiger partial charge < -0.3 is 20.5 Å². The summed E-state index contributed by atoms with van der Waals surface area (Å²) >= 11 is 0. The Kier molecular flexibility index (Phi) is 5.61. The Morgan fingerprint density at radius 3 is 2.63 bits per heavy atom. The monoisotopic (exact) mass is 401 g/mol. The van der Waals surface area contributed by atoms with Crippen LogP contribution in [0.2, 0.25) is 0 Å². The van der Waals surface area contributed by atoms with Crippen molar-refractivity contribution in [3.05, 3.63) is 72.3 Å². The van der Waals surface area contributed by atoms with E-state index in [4.69, 9.17) is 15.2 Å². The SMILES string of the molecule is CCOc1cc2ncnc(Nc3ccc(OCc4ccccn4)c(C)c3)c2cc1N. The number of benzene rings is 2. The van der Waals surface area contributed by atoms with Crippen molar-refractivity contribution in [3.8, 4) is 11.5 Å². The lowest BCUT2D eigenvalue weighted by Crippen LogP contribution is -2.01. The highest BCUT2D eigenvalue weighted by molar-refractivity contribution is 5.94. The van der Waals surface area contributed by atoms with E-state index < -0.39 is 0 Å². The molecular formula is C23H23N5O2. The second-order valence-corrected chi connectivity index (χ2v) is 6.78. The molecule has 3 N–H and O–H groups in total. The Bertz CT molecular complexity index is 1170. The van der Waals surface area contributed by atoms with Crippen LogP contribution in [0, 0.1) is 6.92 Å². The molecule has 0 saturated heterocycles. The summed E-state index contributed by atoms with van der Waals surface area (Å²) in [7, 11) is 0. The highest BCUT2D eigenvalue weighted by Gasteiger charge is 2.10. The smallest absolute Gasteiger partial charge is 0.144 e. The van der Waals surface area contributed by atoms with Crippen LogP contribution in [0.3, 0.4) is 0 Å². The number of hydrogen-bond donors (Lipinski definition) is 2. The van der Waals surface area contributed by atoms with Gasteiger partial charge in [-0.3, -0.25) is 4.98 Å². The maximum absolute atomic E-state index is 6.13. The Morgan fingerprint density at radius 2 is 1.87 bits per heavy atom. The molecule has 0 spiro atoms. The second kappa shape index (κ2) is 8.65. The molecule has 0 aliphatic carbocycles. The molecule has 0 aliphatic rings.